The summed E-state index contributed by atoms with van der Waals surface area (Å²) in [7, 11) is 0. The van der Waals surface area contributed by atoms with Crippen molar-refractivity contribution in [3.05, 3.63) is 34.9 Å². The molecule has 0 bridgehead atoms. The highest BCUT2D eigenvalue weighted by molar-refractivity contribution is 6.00. The molecule has 2 fully saturated rings. The molecule has 3 aliphatic carbocycles. The molecule has 36 heavy (non-hydrogen) atoms. The van der Waals surface area contributed by atoms with Crippen molar-refractivity contribution in [3.63, 3.8) is 0 Å². The summed E-state index contributed by atoms with van der Waals surface area (Å²) in [6.07, 6.45) is 9.77. The first-order chi connectivity index (χ1) is 16.8. The molecule has 0 unspecified atom stereocenters. The average molecular weight is 495 g/mol. The fraction of sp³-hybridized carbons (Fsp3) is 0.700. The number of epoxide rings is 1. The molecule has 8 atom stereocenters. The maximum Gasteiger partial charge on any atom is 0.333 e. The van der Waals surface area contributed by atoms with E-state index in [0.717, 1.165) is 37.7 Å². The van der Waals surface area contributed by atoms with E-state index in [1.807, 2.05) is 26.0 Å². The van der Waals surface area contributed by atoms with E-state index in [-0.39, 0.29) is 58.5 Å². The summed E-state index contributed by atoms with van der Waals surface area (Å²) in [6, 6.07) is 0. The summed E-state index contributed by atoms with van der Waals surface area (Å²) >= 11 is 0. The number of ether oxygens (including phenoxy) is 3. The van der Waals surface area contributed by atoms with Gasteiger partial charge in [-0.2, -0.15) is 0 Å². The van der Waals surface area contributed by atoms with Crippen LogP contribution in [0.25, 0.3) is 0 Å². The molecule has 1 spiro atoms. The summed E-state index contributed by atoms with van der Waals surface area (Å²) in [5, 5.41) is 0. The zero-order chi connectivity index (χ0) is 25.8. The monoisotopic (exact) mass is 494 g/mol. The van der Waals surface area contributed by atoms with Crippen LogP contribution in [0.15, 0.2) is 34.9 Å². The zero-order valence-corrected chi connectivity index (χ0v) is 22.3. The fourth-order valence-electron chi connectivity index (χ4n) is 8.90. The number of cyclic esters (lactones) is 2. The van der Waals surface area contributed by atoms with Crippen molar-refractivity contribution in [1.29, 1.82) is 0 Å². The Morgan fingerprint density at radius 3 is 2.56 bits per heavy atom. The molecule has 0 aromatic carbocycles. The van der Waals surface area contributed by atoms with Crippen molar-refractivity contribution < 1.29 is 28.6 Å². The number of hydrogen-bond donors (Lipinski definition) is 0. The summed E-state index contributed by atoms with van der Waals surface area (Å²) < 4.78 is 18.1. The highest BCUT2D eigenvalue weighted by Gasteiger charge is 2.71. The Hall–Kier alpha value is -2.21. The van der Waals surface area contributed by atoms with Gasteiger partial charge in [0.25, 0.3) is 0 Å². The van der Waals surface area contributed by atoms with Gasteiger partial charge in [0, 0.05) is 36.0 Å². The Kier molecular flexibility index (Phi) is 4.98. The van der Waals surface area contributed by atoms with Crippen LogP contribution < -0.4 is 0 Å². The minimum absolute atomic E-state index is 0.0150. The van der Waals surface area contributed by atoms with Crippen LogP contribution in [0.4, 0.5) is 0 Å². The Labute approximate surface area is 213 Å². The van der Waals surface area contributed by atoms with Gasteiger partial charge in [-0.15, -0.1) is 0 Å². The summed E-state index contributed by atoms with van der Waals surface area (Å²) in [5.41, 5.74) is 1.15. The first kappa shape index (κ1) is 24.1. The molecule has 6 aliphatic rings. The number of Topliss-reactive ketones (excluding diaryl/α,β-unsaturated/α-hetero) is 1. The number of rotatable bonds is 2. The van der Waals surface area contributed by atoms with Crippen LogP contribution >= 0.6 is 0 Å². The lowest BCUT2D eigenvalue weighted by molar-refractivity contribution is -0.156. The van der Waals surface area contributed by atoms with Crippen molar-refractivity contribution in [1.82, 2.24) is 0 Å². The Morgan fingerprint density at radius 1 is 1.08 bits per heavy atom. The molecule has 3 aliphatic heterocycles. The van der Waals surface area contributed by atoms with E-state index in [0.29, 0.717) is 12.0 Å². The molecule has 0 aromatic heterocycles. The molecule has 0 radical (unpaired) electrons. The number of allylic oxidation sites excluding steroid dienone is 1. The Bertz CT molecular complexity index is 1160. The largest absolute Gasteiger partial charge is 0.458 e. The maximum absolute atomic E-state index is 14.0. The molecule has 6 heteroatoms. The minimum atomic E-state index is -0.680. The van der Waals surface area contributed by atoms with Crippen molar-refractivity contribution in [3.8, 4) is 0 Å². The quantitative estimate of drug-likeness (QED) is 0.396. The molecule has 194 valence electrons. The van der Waals surface area contributed by atoms with Gasteiger partial charge < -0.3 is 14.2 Å². The fourth-order valence-corrected chi connectivity index (χ4v) is 8.90. The minimum Gasteiger partial charge on any atom is -0.458 e. The number of ketones is 1. The Morgan fingerprint density at radius 2 is 1.83 bits per heavy atom. The molecular formula is C30H38O6. The van der Waals surface area contributed by atoms with E-state index < -0.39 is 11.2 Å². The third-order valence-electron chi connectivity index (χ3n) is 11.2. The van der Waals surface area contributed by atoms with E-state index in [4.69, 9.17) is 14.2 Å². The van der Waals surface area contributed by atoms with Crippen LogP contribution in [-0.4, -0.2) is 41.1 Å². The van der Waals surface area contributed by atoms with Crippen molar-refractivity contribution >= 4 is 17.7 Å². The number of fused-ring (bicyclic) bond motifs is 3. The van der Waals surface area contributed by atoms with Gasteiger partial charge in [0.05, 0.1) is 0 Å². The standard InChI is InChI=1S/C30H38O6/c1-16-7-9-21(34-26(16)33)17(2)18-11-13-28(5)19-8-10-22-27(3,4)35-23(32)12-14-30(22)25(36-30)24(19)20(31)15-29(18,28)6/h7,12,14,17-18,21-22,25H,8-11,13,15H2,1-6H3/t17-,18+,21-,22-,25+,28-,29+,30-/m0/s1. The van der Waals surface area contributed by atoms with Crippen LogP contribution in [-0.2, 0) is 28.6 Å². The number of carbonyl (C=O) groups is 3. The lowest BCUT2D eigenvalue weighted by Gasteiger charge is -2.51. The molecule has 1 saturated heterocycles. The van der Waals surface area contributed by atoms with Crippen LogP contribution in [0.1, 0.15) is 80.1 Å². The van der Waals surface area contributed by atoms with Crippen LogP contribution in [0.3, 0.4) is 0 Å². The SMILES string of the molecule is CC1=CC[C@@H]([C@@H](C)[C@H]2CC[C@@]3(C)C4=C(C(=O)C[C@]23C)[C@H]2O[C@]23C=CC(=O)OC(C)(C)[C@@H]3CC4)OC1=O. The van der Waals surface area contributed by atoms with Gasteiger partial charge in [0.15, 0.2) is 5.78 Å². The van der Waals surface area contributed by atoms with Crippen molar-refractivity contribution in [2.75, 3.05) is 0 Å². The van der Waals surface area contributed by atoms with Crippen LogP contribution in [0.2, 0.25) is 0 Å². The van der Waals surface area contributed by atoms with Gasteiger partial charge in [-0.25, -0.2) is 9.59 Å². The van der Waals surface area contributed by atoms with Gasteiger partial charge >= 0.3 is 11.9 Å². The normalized spacial score (nSPS) is 45.7. The van der Waals surface area contributed by atoms with Gasteiger partial charge in [-0.1, -0.05) is 32.4 Å². The second kappa shape index (κ2) is 7.43. The molecule has 0 N–H and O–H groups in total. The zero-order valence-electron chi connectivity index (χ0n) is 22.3. The van der Waals surface area contributed by atoms with E-state index in [9.17, 15) is 14.4 Å². The number of carbonyl (C=O) groups excluding carboxylic acids is 3. The van der Waals surface area contributed by atoms with E-state index in [1.165, 1.54) is 11.6 Å². The average Bonchev–Trinajstić information content (AvgIpc) is 3.47. The summed E-state index contributed by atoms with van der Waals surface area (Å²) in [4.78, 5) is 38.5. The van der Waals surface area contributed by atoms with E-state index in [1.54, 1.807) is 6.92 Å². The first-order valence-electron chi connectivity index (χ1n) is 13.6. The molecule has 0 aromatic rings. The molecule has 6 nitrogen and oxygen atoms in total. The highest BCUT2D eigenvalue weighted by Crippen LogP contribution is 2.70. The summed E-state index contributed by atoms with van der Waals surface area (Å²) in [5.74, 6) is 0.0569. The van der Waals surface area contributed by atoms with Gasteiger partial charge in [0.2, 0.25) is 0 Å². The van der Waals surface area contributed by atoms with E-state index in [2.05, 4.69) is 20.8 Å². The van der Waals surface area contributed by atoms with Crippen LogP contribution in [0.5, 0.6) is 0 Å². The highest BCUT2D eigenvalue weighted by atomic mass is 16.6. The molecule has 6 rings (SSSR count). The third kappa shape index (κ3) is 3.03. The molecule has 1 saturated carbocycles. The third-order valence-corrected chi connectivity index (χ3v) is 11.2. The van der Waals surface area contributed by atoms with Crippen molar-refractivity contribution in [2.45, 2.75) is 103 Å². The smallest absolute Gasteiger partial charge is 0.333 e. The first-order valence-corrected chi connectivity index (χ1v) is 13.6. The predicted molar refractivity (Wildman–Crippen MR) is 133 cm³/mol. The maximum atomic E-state index is 14.0. The predicted octanol–water partition coefficient (Wildman–Crippen LogP) is 5.02. The topological polar surface area (TPSA) is 82.2 Å². The molecule has 0 amide bonds. The lowest BCUT2D eigenvalue weighted by atomic mass is 9.52. The Balaban J connectivity index is 1.37. The van der Waals surface area contributed by atoms with E-state index >= 15 is 0 Å². The van der Waals surface area contributed by atoms with Gasteiger partial charge in [-0.3, -0.25) is 4.79 Å². The molecular weight excluding hydrogens is 456 g/mol. The van der Waals surface area contributed by atoms with Gasteiger partial charge in [0.1, 0.15) is 23.4 Å². The lowest BCUT2D eigenvalue weighted by Crippen LogP contribution is -2.48. The summed E-state index contributed by atoms with van der Waals surface area (Å²) in [6.45, 7) is 12.6. The van der Waals surface area contributed by atoms with Gasteiger partial charge in [-0.05, 0) is 75.2 Å². The van der Waals surface area contributed by atoms with Crippen molar-refractivity contribution in [2.24, 2.45) is 28.6 Å². The molecule has 3 heterocycles. The number of esters is 2. The number of hydrogen-bond acceptors (Lipinski definition) is 6. The second-order valence-electron chi connectivity index (χ2n) is 13.1. The van der Waals surface area contributed by atoms with Crippen LogP contribution in [0, 0.1) is 28.6 Å². The second-order valence-corrected chi connectivity index (χ2v) is 13.1.